The molecule has 0 unspecified atom stereocenters. The van der Waals surface area contributed by atoms with Crippen molar-refractivity contribution >= 4 is 10.1 Å². The summed E-state index contributed by atoms with van der Waals surface area (Å²) in [5, 5.41) is 0. The van der Waals surface area contributed by atoms with Gasteiger partial charge in [-0.05, 0) is 55.4 Å². The molecule has 8 atom stereocenters. The molecule has 0 saturated carbocycles. The zero-order valence-corrected chi connectivity index (χ0v) is 35.8. The molecule has 0 amide bonds. The van der Waals surface area contributed by atoms with Crippen LogP contribution in [0.25, 0.3) is 0 Å². The lowest BCUT2D eigenvalue weighted by Gasteiger charge is -2.46. The van der Waals surface area contributed by atoms with E-state index in [1.54, 1.807) is 0 Å². The van der Waals surface area contributed by atoms with Gasteiger partial charge in [0.2, 0.25) is 0 Å². The fraction of sp³-hybridized carbons (Fsp3) is 0.500. The summed E-state index contributed by atoms with van der Waals surface area (Å²) in [4.78, 5) is 0. The maximum absolute atomic E-state index is 12.9. The minimum absolute atomic E-state index is 0.220. The Morgan fingerprint density at radius 2 is 1.07 bits per heavy atom. The van der Waals surface area contributed by atoms with Crippen LogP contribution in [0.3, 0.4) is 0 Å². The molecule has 59 heavy (non-hydrogen) atoms. The van der Waals surface area contributed by atoms with E-state index in [1.807, 2.05) is 135 Å². The van der Waals surface area contributed by atoms with Crippen LogP contribution in [0, 0.1) is 0 Å². The molecule has 4 aromatic carbocycles. The highest BCUT2D eigenvalue weighted by Gasteiger charge is 2.50. The van der Waals surface area contributed by atoms with Gasteiger partial charge in [0.15, 0.2) is 5.79 Å². The molecule has 0 radical (unpaired) electrons. The SMILES string of the molecule is CCCCC[C@H]1OC(C)(C)O[C@H]1[C@@H](CC[C@H]1O[C@H](COCc2ccccc2)[C@H](OCc2ccccc2)[C@H](OCc2ccccc2)[C@H]1OCc1ccccc1)OS(C)(=O)=O. The van der Waals surface area contributed by atoms with Crippen molar-refractivity contribution < 1.29 is 45.8 Å². The van der Waals surface area contributed by atoms with Crippen LogP contribution in [0.15, 0.2) is 121 Å². The molecule has 0 aliphatic carbocycles. The summed E-state index contributed by atoms with van der Waals surface area (Å²) < 4.78 is 78.5. The van der Waals surface area contributed by atoms with Gasteiger partial charge in [-0.15, -0.1) is 0 Å². The smallest absolute Gasteiger partial charge is 0.264 e. The predicted molar refractivity (Wildman–Crippen MR) is 227 cm³/mol. The molecule has 0 aromatic heterocycles. The third-order valence-corrected chi connectivity index (χ3v) is 11.3. The van der Waals surface area contributed by atoms with E-state index in [4.69, 9.17) is 37.3 Å². The minimum Gasteiger partial charge on any atom is -0.374 e. The Labute approximate surface area is 351 Å². The van der Waals surface area contributed by atoms with Crippen molar-refractivity contribution in [1.82, 2.24) is 0 Å². The second-order valence-corrected chi connectivity index (χ2v) is 17.6. The predicted octanol–water partition coefficient (Wildman–Crippen LogP) is 8.95. The highest BCUT2D eigenvalue weighted by atomic mass is 32.2. The lowest BCUT2D eigenvalue weighted by Crippen LogP contribution is -2.61. The summed E-state index contributed by atoms with van der Waals surface area (Å²) >= 11 is 0. The summed E-state index contributed by atoms with van der Waals surface area (Å²) in [6.07, 6.45) is 0.747. The number of hydrogen-bond donors (Lipinski definition) is 0. The van der Waals surface area contributed by atoms with Crippen molar-refractivity contribution in [2.24, 2.45) is 0 Å². The van der Waals surface area contributed by atoms with Gasteiger partial charge in [-0.3, -0.25) is 4.18 Å². The van der Waals surface area contributed by atoms with Crippen molar-refractivity contribution in [3.8, 4) is 0 Å². The minimum atomic E-state index is -3.87. The summed E-state index contributed by atoms with van der Waals surface area (Å²) in [6.45, 7) is 7.41. The molecule has 2 aliphatic rings. The van der Waals surface area contributed by atoms with Gasteiger partial charge in [0.25, 0.3) is 10.1 Å². The third-order valence-electron chi connectivity index (χ3n) is 10.7. The van der Waals surface area contributed by atoms with Crippen LogP contribution < -0.4 is 0 Å². The van der Waals surface area contributed by atoms with Crippen LogP contribution in [0.4, 0.5) is 0 Å². The maximum atomic E-state index is 12.9. The molecular formula is C48H62O10S. The molecule has 0 spiro atoms. The summed E-state index contributed by atoms with van der Waals surface area (Å²) in [5.41, 5.74) is 4.06. The van der Waals surface area contributed by atoms with Gasteiger partial charge in [-0.1, -0.05) is 148 Å². The molecule has 4 aromatic rings. The van der Waals surface area contributed by atoms with Gasteiger partial charge in [0.1, 0.15) is 36.6 Å². The highest BCUT2D eigenvalue weighted by molar-refractivity contribution is 7.86. The monoisotopic (exact) mass is 830 g/mol. The first kappa shape index (κ1) is 45.0. The normalized spacial score (nSPS) is 24.8. The fourth-order valence-electron chi connectivity index (χ4n) is 7.93. The topological polar surface area (TPSA) is 108 Å². The van der Waals surface area contributed by atoms with E-state index in [1.165, 1.54) is 0 Å². The Hall–Kier alpha value is -3.49. The Morgan fingerprint density at radius 1 is 0.593 bits per heavy atom. The summed E-state index contributed by atoms with van der Waals surface area (Å²) in [7, 11) is -3.87. The van der Waals surface area contributed by atoms with Gasteiger partial charge in [-0.25, -0.2) is 0 Å². The number of benzene rings is 4. The van der Waals surface area contributed by atoms with Crippen molar-refractivity contribution in [3.05, 3.63) is 144 Å². The summed E-state index contributed by atoms with van der Waals surface area (Å²) in [5.74, 6) is -0.899. The largest absolute Gasteiger partial charge is 0.374 e. The molecule has 11 heteroatoms. The van der Waals surface area contributed by atoms with E-state index in [9.17, 15) is 8.42 Å². The Bertz CT molecular complexity index is 1880. The molecule has 2 aliphatic heterocycles. The molecule has 2 saturated heterocycles. The third kappa shape index (κ3) is 14.3. The Kier molecular flexibility index (Phi) is 17.1. The van der Waals surface area contributed by atoms with Crippen LogP contribution in [-0.2, 0) is 73.9 Å². The zero-order valence-electron chi connectivity index (χ0n) is 34.9. The first-order chi connectivity index (χ1) is 28.6. The highest BCUT2D eigenvalue weighted by Crippen LogP contribution is 2.38. The number of unbranched alkanes of at least 4 members (excludes halogenated alkanes) is 2. The van der Waals surface area contributed by atoms with Crippen LogP contribution in [0.5, 0.6) is 0 Å². The standard InChI is InChI=1S/C48H62O10S/c1-5-6-11-28-41-44(57-48(2,3)56-41)42(58-59(4,49)50)30-29-40-45(52-32-37-22-14-8-15-23-37)47(54-34-39-26-18-10-19-27-39)46(53-33-38-24-16-9-17-25-38)43(55-40)35-51-31-36-20-12-7-13-21-36/h7-10,12-27,40-47H,5-6,11,28-35H2,1-4H3/t40-,41-,42-,43-,44-,45+,46+,47-/m1/s1. The molecule has 10 nitrogen and oxygen atoms in total. The van der Waals surface area contributed by atoms with E-state index >= 15 is 0 Å². The van der Waals surface area contributed by atoms with E-state index in [-0.39, 0.29) is 19.1 Å². The van der Waals surface area contributed by atoms with Crippen LogP contribution in [0.1, 0.15) is 81.5 Å². The van der Waals surface area contributed by atoms with Gasteiger partial charge in [-0.2, -0.15) is 8.42 Å². The second kappa shape index (κ2) is 22.4. The van der Waals surface area contributed by atoms with E-state index in [0.29, 0.717) is 32.8 Å². The average molecular weight is 831 g/mol. The van der Waals surface area contributed by atoms with E-state index in [2.05, 4.69) is 6.92 Å². The molecule has 0 bridgehead atoms. The van der Waals surface area contributed by atoms with Gasteiger partial charge < -0.3 is 33.2 Å². The Morgan fingerprint density at radius 3 is 1.56 bits per heavy atom. The molecule has 0 N–H and O–H groups in total. The van der Waals surface area contributed by atoms with Crippen LogP contribution >= 0.6 is 0 Å². The number of hydrogen-bond acceptors (Lipinski definition) is 10. The van der Waals surface area contributed by atoms with Gasteiger partial charge >= 0.3 is 0 Å². The summed E-state index contributed by atoms with van der Waals surface area (Å²) in [6, 6.07) is 40.1. The number of rotatable bonds is 23. The van der Waals surface area contributed by atoms with E-state index in [0.717, 1.165) is 54.2 Å². The van der Waals surface area contributed by atoms with Crippen LogP contribution in [0.2, 0.25) is 0 Å². The van der Waals surface area contributed by atoms with Gasteiger partial charge in [0.05, 0.1) is 51.5 Å². The van der Waals surface area contributed by atoms with Crippen molar-refractivity contribution in [1.29, 1.82) is 0 Å². The lowest BCUT2D eigenvalue weighted by atomic mass is 9.90. The molecular weight excluding hydrogens is 769 g/mol. The molecule has 2 heterocycles. The molecule has 2 fully saturated rings. The Balaban J connectivity index is 1.33. The quantitative estimate of drug-likeness (QED) is 0.0531. The first-order valence-corrected chi connectivity index (χ1v) is 22.9. The van der Waals surface area contributed by atoms with Crippen molar-refractivity contribution in [3.63, 3.8) is 0 Å². The molecule has 320 valence electrons. The van der Waals surface area contributed by atoms with E-state index < -0.39 is 58.6 Å². The zero-order chi connectivity index (χ0) is 41.5. The van der Waals surface area contributed by atoms with Crippen molar-refractivity contribution in [2.75, 3.05) is 12.9 Å². The first-order valence-electron chi connectivity index (χ1n) is 21.0. The number of ether oxygens (including phenoxy) is 7. The fourth-order valence-corrected chi connectivity index (χ4v) is 8.59. The molecule has 6 rings (SSSR count). The van der Waals surface area contributed by atoms with Crippen molar-refractivity contribution in [2.45, 2.75) is 140 Å². The van der Waals surface area contributed by atoms with Gasteiger partial charge in [0, 0.05) is 0 Å². The van der Waals surface area contributed by atoms with Crippen LogP contribution in [-0.4, -0.2) is 75.9 Å². The average Bonchev–Trinajstić information content (AvgIpc) is 3.55. The lowest BCUT2D eigenvalue weighted by molar-refractivity contribution is -0.274. The maximum Gasteiger partial charge on any atom is 0.264 e. The second-order valence-electron chi connectivity index (χ2n) is 16.0.